The summed E-state index contributed by atoms with van der Waals surface area (Å²) in [5.74, 6) is -2.43. The number of hydrogen-bond acceptors (Lipinski definition) is 10. The van der Waals surface area contributed by atoms with Gasteiger partial charge in [0.2, 0.25) is 0 Å². The minimum Gasteiger partial charge on any atom is -0.466 e. The summed E-state index contributed by atoms with van der Waals surface area (Å²) in [6.45, 7) is 3.84. The van der Waals surface area contributed by atoms with E-state index in [1.54, 1.807) is 25.4 Å². The van der Waals surface area contributed by atoms with Crippen molar-refractivity contribution in [2.45, 2.75) is 57.9 Å². The normalized spacial score (nSPS) is 20.6. The molecule has 1 fully saturated rings. The molecule has 1 unspecified atom stereocenters. The number of rotatable bonds is 9. The van der Waals surface area contributed by atoms with E-state index in [1.807, 2.05) is 0 Å². The van der Waals surface area contributed by atoms with Crippen LogP contribution in [-0.2, 0) is 25.5 Å². The van der Waals surface area contributed by atoms with Crippen molar-refractivity contribution in [1.29, 1.82) is 0 Å². The Morgan fingerprint density at radius 1 is 1.12 bits per heavy atom. The van der Waals surface area contributed by atoms with Gasteiger partial charge in [-0.05, 0) is 51.5 Å². The number of carbonyl (C=O) groups is 2. The molecule has 2 aliphatic rings. The molecular formula is C29H29ClF2N4O5S. The lowest BCUT2D eigenvalue weighted by Crippen LogP contribution is -2.38. The summed E-state index contributed by atoms with van der Waals surface area (Å²) in [6, 6.07) is 1.26. The number of esters is 2. The number of carbonyl (C=O) groups excluding carboxylic acids is 2. The molecule has 0 saturated heterocycles. The second-order valence-electron chi connectivity index (χ2n) is 9.86. The van der Waals surface area contributed by atoms with Crippen molar-refractivity contribution in [2.24, 2.45) is 10.9 Å². The molecule has 0 radical (unpaired) electrons. The number of aliphatic imine (C=N–C) groups is 1. The Kier molecular flexibility index (Phi) is 9.32. The third-order valence-electron chi connectivity index (χ3n) is 7.25. The molecule has 0 spiro atoms. The number of nitrogens with zero attached hydrogens (tertiary/aromatic N) is 3. The molecule has 1 N–H and O–H groups in total. The van der Waals surface area contributed by atoms with Gasteiger partial charge in [0.05, 0.1) is 35.9 Å². The first-order valence-corrected chi connectivity index (χ1v) is 15.0. The minimum atomic E-state index is -1.21. The van der Waals surface area contributed by atoms with Crippen LogP contribution in [0.2, 0.25) is 5.02 Å². The standard InChI is InChI=1S/C29H29ClF2N4O5S/c1-3-39-20(37)13-17-14-41-27(34-17)16-7-5-15(6-8-16)24-21(29(38)40-4-2)25(18-9-10-19(31)23(32)22(18)30)36-26(35-24)28-33-11-12-42-28/h9-12,14-16,25H,3-8,13H2,1-2H3,(H,35,36)/t15-,16-,25?. The van der Waals surface area contributed by atoms with Gasteiger partial charge < -0.3 is 19.2 Å². The molecule has 3 aromatic rings. The Labute approximate surface area is 250 Å². The van der Waals surface area contributed by atoms with E-state index in [0.717, 1.165) is 6.07 Å². The van der Waals surface area contributed by atoms with Gasteiger partial charge in [0.25, 0.3) is 0 Å². The maximum Gasteiger partial charge on any atom is 0.338 e. The van der Waals surface area contributed by atoms with Crippen LogP contribution in [0, 0.1) is 17.6 Å². The lowest BCUT2D eigenvalue weighted by Gasteiger charge is -2.34. The van der Waals surface area contributed by atoms with Gasteiger partial charge in [-0.15, -0.1) is 11.3 Å². The molecule has 222 valence electrons. The van der Waals surface area contributed by atoms with E-state index >= 15 is 0 Å². The van der Waals surface area contributed by atoms with E-state index in [-0.39, 0.29) is 42.0 Å². The molecule has 1 saturated carbocycles. The van der Waals surface area contributed by atoms with E-state index < -0.39 is 28.7 Å². The Hall–Kier alpha value is -3.64. The van der Waals surface area contributed by atoms with Crippen LogP contribution >= 0.6 is 22.9 Å². The van der Waals surface area contributed by atoms with E-state index in [2.05, 4.69) is 15.3 Å². The van der Waals surface area contributed by atoms with Crippen molar-refractivity contribution >= 4 is 40.7 Å². The molecule has 42 heavy (non-hydrogen) atoms. The Morgan fingerprint density at radius 2 is 1.86 bits per heavy atom. The van der Waals surface area contributed by atoms with Crippen molar-refractivity contribution in [3.05, 3.63) is 80.1 Å². The quantitative estimate of drug-likeness (QED) is 0.228. The molecule has 2 aromatic heterocycles. The fourth-order valence-corrected chi connectivity index (χ4v) is 6.17. The highest BCUT2D eigenvalue weighted by Gasteiger charge is 2.39. The summed E-state index contributed by atoms with van der Waals surface area (Å²) in [5.41, 5.74) is 1.45. The fourth-order valence-electron chi connectivity index (χ4n) is 5.33. The lowest BCUT2D eigenvalue weighted by atomic mass is 9.78. The topological polar surface area (TPSA) is 116 Å². The van der Waals surface area contributed by atoms with Crippen LogP contribution in [0.15, 0.2) is 50.7 Å². The second-order valence-corrected chi connectivity index (χ2v) is 11.1. The molecule has 13 heteroatoms. The zero-order valence-electron chi connectivity index (χ0n) is 23.0. The molecule has 1 aliphatic heterocycles. The number of aromatic nitrogens is 2. The molecule has 5 rings (SSSR count). The van der Waals surface area contributed by atoms with Crippen LogP contribution in [0.25, 0.3) is 0 Å². The monoisotopic (exact) mass is 618 g/mol. The maximum absolute atomic E-state index is 14.6. The van der Waals surface area contributed by atoms with Gasteiger partial charge >= 0.3 is 11.9 Å². The van der Waals surface area contributed by atoms with Crippen molar-refractivity contribution in [2.75, 3.05) is 13.2 Å². The van der Waals surface area contributed by atoms with Gasteiger partial charge in [0.15, 0.2) is 28.4 Å². The van der Waals surface area contributed by atoms with Crippen LogP contribution < -0.4 is 5.32 Å². The van der Waals surface area contributed by atoms with Crippen LogP contribution in [0.3, 0.4) is 0 Å². The first-order valence-electron chi connectivity index (χ1n) is 13.7. The van der Waals surface area contributed by atoms with Gasteiger partial charge in [-0.2, -0.15) is 0 Å². The summed E-state index contributed by atoms with van der Waals surface area (Å²) in [5, 5.41) is 5.24. The number of thiazole rings is 1. The van der Waals surface area contributed by atoms with E-state index in [0.29, 0.717) is 60.4 Å². The van der Waals surface area contributed by atoms with Gasteiger partial charge in [-0.3, -0.25) is 9.79 Å². The molecule has 3 heterocycles. The third-order valence-corrected chi connectivity index (χ3v) is 8.41. The summed E-state index contributed by atoms with van der Waals surface area (Å²) in [7, 11) is 0. The molecular weight excluding hydrogens is 590 g/mol. The molecule has 1 atom stereocenters. The van der Waals surface area contributed by atoms with Crippen LogP contribution in [0.5, 0.6) is 0 Å². The number of amidine groups is 1. The Bertz CT molecular complexity index is 1520. The first kappa shape index (κ1) is 29.8. The Balaban J connectivity index is 1.46. The van der Waals surface area contributed by atoms with Crippen molar-refractivity contribution < 1.29 is 32.3 Å². The van der Waals surface area contributed by atoms with E-state index in [4.69, 9.17) is 30.5 Å². The smallest absolute Gasteiger partial charge is 0.338 e. The predicted molar refractivity (Wildman–Crippen MR) is 151 cm³/mol. The molecule has 1 aliphatic carbocycles. The van der Waals surface area contributed by atoms with Crippen molar-refractivity contribution in [3.63, 3.8) is 0 Å². The van der Waals surface area contributed by atoms with Crippen LogP contribution in [-0.4, -0.2) is 41.0 Å². The van der Waals surface area contributed by atoms with Crippen LogP contribution in [0.1, 0.15) is 73.6 Å². The molecule has 1 aromatic carbocycles. The highest BCUT2D eigenvalue weighted by Crippen LogP contribution is 2.44. The highest BCUT2D eigenvalue weighted by molar-refractivity contribution is 7.11. The number of benzene rings is 1. The van der Waals surface area contributed by atoms with E-state index in [1.165, 1.54) is 23.7 Å². The molecule has 0 bridgehead atoms. The third kappa shape index (κ3) is 6.24. The lowest BCUT2D eigenvalue weighted by molar-refractivity contribution is -0.142. The fraction of sp³-hybridized carbons (Fsp3) is 0.414. The number of oxazole rings is 1. The predicted octanol–water partition coefficient (Wildman–Crippen LogP) is 6.05. The second kappa shape index (κ2) is 13.1. The molecule has 9 nitrogen and oxygen atoms in total. The highest BCUT2D eigenvalue weighted by atomic mass is 35.5. The maximum atomic E-state index is 14.6. The average molecular weight is 619 g/mol. The SMILES string of the molecule is CCOC(=O)Cc1coc([C@H]2CC[C@H](C3=C(C(=O)OCC)C(c4ccc(F)c(F)c4Cl)N=C(c4nccs4)N3)CC2)n1. The number of nitrogens with one attached hydrogen (secondary N) is 1. The Morgan fingerprint density at radius 3 is 2.55 bits per heavy atom. The number of allylic oxidation sites excluding steroid dienone is 1. The van der Waals surface area contributed by atoms with Gasteiger partial charge in [0, 0.05) is 28.8 Å². The largest absolute Gasteiger partial charge is 0.466 e. The molecule has 0 amide bonds. The van der Waals surface area contributed by atoms with E-state index in [9.17, 15) is 18.4 Å². The average Bonchev–Trinajstić information content (AvgIpc) is 3.69. The van der Waals surface area contributed by atoms with Crippen molar-refractivity contribution in [3.8, 4) is 0 Å². The first-order chi connectivity index (χ1) is 20.3. The number of ether oxygens (including phenoxy) is 2. The number of hydrogen-bond donors (Lipinski definition) is 1. The van der Waals surface area contributed by atoms with Gasteiger partial charge in [0.1, 0.15) is 12.3 Å². The van der Waals surface area contributed by atoms with Crippen molar-refractivity contribution in [1.82, 2.24) is 15.3 Å². The summed E-state index contributed by atoms with van der Waals surface area (Å²) < 4.78 is 44.7. The van der Waals surface area contributed by atoms with Gasteiger partial charge in [-0.25, -0.2) is 23.5 Å². The summed E-state index contributed by atoms with van der Waals surface area (Å²) in [4.78, 5) is 38.9. The zero-order valence-corrected chi connectivity index (χ0v) is 24.6. The zero-order chi connectivity index (χ0) is 29.8. The minimum absolute atomic E-state index is 0.0240. The van der Waals surface area contributed by atoms with Gasteiger partial charge in [-0.1, -0.05) is 17.7 Å². The number of halogens is 3. The summed E-state index contributed by atoms with van der Waals surface area (Å²) >= 11 is 7.63. The summed E-state index contributed by atoms with van der Waals surface area (Å²) in [6.07, 6.45) is 5.88. The van der Waals surface area contributed by atoms with Crippen LogP contribution in [0.4, 0.5) is 8.78 Å².